The lowest BCUT2D eigenvalue weighted by atomic mass is 10.3. The van der Waals surface area contributed by atoms with Gasteiger partial charge in [-0.3, -0.25) is 0 Å². The Balaban J connectivity index is 2.35. The first-order valence-electron chi connectivity index (χ1n) is 6.04. The SMILES string of the molecule is CCOCCn1c(CCCl)nc2cc(Br)ccc21. The van der Waals surface area contributed by atoms with E-state index in [0.717, 1.165) is 40.9 Å². The number of halogens is 2. The van der Waals surface area contributed by atoms with Crippen LogP contribution in [0.1, 0.15) is 12.7 Å². The molecule has 1 aromatic carbocycles. The molecule has 0 unspecified atom stereocenters. The van der Waals surface area contributed by atoms with E-state index in [1.165, 1.54) is 0 Å². The molecule has 18 heavy (non-hydrogen) atoms. The van der Waals surface area contributed by atoms with E-state index in [0.29, 0.717) is 12.5 Å². The molecule has 1 heterocycles. The maximum Gasteiger partial charge on any atom is 0.111 e. The van der Waals surface area contributed by atoms with Crippen molar-refractivity contribution in [1.29, 1.82) is 0 Å². The van der Waals surface area contributed by atoms with E-state index in [1.807, 2.05) is 19.1 Å². The zero-order chi connectivity index (χ0) is 13.0. The van der Waals surface area contributed by atoms with Crippen LogP contribution in [-0.2, 0) is 17.7 Å². The Morgan fingerprint density at radius 1 is 1.44 bits per heavy atom. The van der Waals surface area contributed by atoms with Crippen molar-refractivity contribution in [2.24, 2.45) is 0 Å². The molecule has 0 atom stereocenters. The number of hydrogen-bond acceptors (Lipinski definition) is 2. The van der Waals surface area contributed by atoms with Crippen molar-refractivity contribution < 1.29 is 4.74 Å². The molecule has 0 radical (unpaired) electrons. The van der Waals surface area contributed by atoms with E-state index >= 15 is 0 Å². The van der Waals surface area contributed by atoms with Gasteiger partial charge in [0.05, 0.1) is 17.6 Å². The standard InChI is InChI=1S/C13H16BrClN2O/c1-2-18-8-7-17-12-4-3-10(14)9-11(12)16-13(17)5-6-15/h3-4,9H,2,5-8H2,1H3. The summed E-state index contributed by atoms with van der Waals surface area (Å²) in [5, 5.41) is 0. The number of hydrogen-bond donors (Lipinski definition) is 0. The quantitative estimate of drug-likeness (QED) is 0.597. The van der Waals surface area contributed by atoms with Crippen LogP contribution in [0.25, 0.3) is 11.0 Å². The van der Waals surface area contributed by atoms with Crippen LogP contribution in [-0.4, -0.2) is 28.6 Å². The van der Waals surface area contributed by atoms with Gasteiger partial charge in [-0.2, -0.15) is 0 Å². The summed E-state index contributed by atoms with van der Waals surface area (Å²) in [6, 6.07) is 6.14. The van der Waals surface area contributed by atoms with Crippen LogP contribution >= 0.6 is 27.5 Å². The van der Waals surface area contributed by atoms with Gasteiger partial charge in [-0.15, -0.1) is 11.6 Å². The fourth-order valence-electron chi connectivity index (χ4n) is 1.98. The number of aryl methyl sites for hydroxylation is 1. The molecule has 0 amide bonds. The van der Waals surface area contributed by atoms with Crippen LogP contribution in [0.3, 0.4) is 0 Å². The summed E-state index contributed by atoms with van der Waals surface area (Å²) < 4.78 is 8.66. The lowest BCUT2D eigenvalue weighted by Gasteiger charge is -2.08. The van der Waals surface area contributed by atoms with Crippen LogP contribution in [0.5, 0.6) is 0 Å². The summed E-state index contributed by atoms with van der Waals surface area (Å²) in [4.78, 5) is 4.63. The third-order valence-corrected chi connectivity index (χ3v) is 3.45. The molecule has 0 N–H and O–H groups in total. The molecule has 0 aliphatic rings. The maximum atomic E-state index is 5.83. The Kier molecular flexibility index (Phi) is 5.03. The van der Waals surface area contributed by atoms with Crippen molar-refractivity contribution in [3.8, 4) is 0 Å². The Hall–Kier alpha value is -0.580. The van der Waals surface area contributed by atoms with Crippen molar-refractivity contribution in [1.82, 2.24) is 9.55 Å². The molecule has 0 aliphatic heterocycles. The molecule has 2 aromatic rings. The van der Waals surface area contributed by atoms with Gasteiger partial charge >= 0.3 is 0 Å². The summed E-state index contributed by atoms with van der Waals surface area (Å²) in [5.74, 6) is 1.61. The second-order valence-corrected chi connectivity index (χ2v) is 5.24. The van der Waals surface area contributed by atoms with Crippen LogP contribution in [0, 0.1) is 0 Å². The highest BCUT2D eigenvalue weighted by molar-refractivity contribution is 9.10. The van der Waals surface area contributed by atoms with Gasteiger partial charge in [0.25, 0.3) is 0 Å². The highest BCUT2D eigenvalue weighted by Crippen LogP contribution is 2.21. The fraction of sp³-hybridized carbons (Fsp3) is 0.462. The molecule has 0 saturated carbocycles. The molecule has 0 bridgehead atoms. The largest absolute Gasteiger partial charge is 0.380 e. The first-order chi connectivity index (χ1) is 8.76. The molecule has 0 fully saturated rings. The first-order valence-corrected chi connectivity index (χ1v) is 7.37. The molecule has 1 aromatic heterocycles. The normalized spacial score (nSPS) is 11.3. The zero-order valence-electron chi connectivity index (χ0n) is 10.3. The first kappa shape index (κ1) is 13.8. The highest BCUT2D eigenvalue weighted by Gasteiger charge is 2.10. The Morgan fingerprint density at radius 3 is 3.00 bits per heavy atom. The number of imidazole rings is 1. The molecular weight excluding hydrogens is 316 g/mol. The van der Waals surface area contributed by atoms with Gasteiger partial charge in [0.1, 0.15) is 5.82 Å². The van der Waals surface area contributed by atoms with E-state index in [4.69, 9.17) is 16.3 Å². The third-order valence-electron chi connectivity index (χ3n) is 2.77. The topological polar surface area (TPSA) is 27.1 Å². The summed E-state index contributed by atoms with van der Waals surface area (Å²) >= 11 is 9.30. The van der Waals surface area contributed by atoms with Crippen LogP contribution in [0.2, 0.25) is 0 Å². The molecule has 0 saturated heterocycles. The van der Waals surface area contributed by atoms with Crippen molar-refractivity contribution in [2.45, 2.75) is 19.9 Å². The summed E-state index contributed by atoms with van der Waals surface area (Å²) in [6.07, 6.45) is 0.778. The molecule has 3 nitrogen and oxygen atoms in total. The minimum Gasteiger partial charge on any atom is -0.380 e. The summed E-state index contributed by atoms with van der Waals surface area (Å²) in [6.45, 7) is 4.26. The Labute approximate surface area is 120 Å². The third kappa shape index (κ3) is 3.05. The molecule has 0 spiro atoms. The smallest absolute Gasteiger partial charge is 0.111 e. The molecular formula is C13H16BrClN2O. The van der Waals surface area contributed by atoms with E-state index < -0.39 is 0 Å². The van der Waals surface area contributed by atoms with Crippen molar-refractivity contribution in [3.05, 3.63) is 28.5 Å². The highest BCUT2D eigenvalue weighted by atomic mass is 79.9. The average Bonchev–Trinajstić information content (AvgIpc) is 2.67. The van der Waals surface area contributed by atoms with E-state index in [-0.39, 0.29) is 0 Å². The molecule has 5 heteroatoms. The molecule has 2 rings (SSSR count). The van der Waals surface area contributed by atoms with Gasteiger partial charge in [-0.1, -0.05) is 15.9 Å². The predicted octanol–water partition coefficient (Wildman–Crippen LogP) is 3.62. The molecule has 98 valence electrons. The van der Waals surface area contributed by atoms with Crippen LogP contribution < -0.4 is 0 Å². The van der Waals surface area contributed by atoms with Gasteiger partial charge in [0, 0.05) is 29.9 Å². The Bertz CT molecular complexity index is 527. The lowest BCUT2D eigenvalue weighted by Crippen LogP contribution is -2.09. The number of aromatic nitrogens is 2. The number of nitrogens with zero attached hydrogens (tertiary/aromatic N) is 2. The zero-order valence-corrected chi connectivity index (χ0v) is 12.7. The minimum absolute atomic E-state index is 0.582. The monoisotopic (exact) mass is 330 g/mol. The number of alkyl halides is 1. The van der Waals surface area contributed by atoms with E-state index in [1.54, 1.807) is 0 Å². The fourth-order valence-corrected chi connectivity index (χ4v) is 2.50. The van der Waals surface area contributed by atoms with Crippen molar-refractivity contribution >= 4 is 38.6 Å². The van der Waals surface area contributed by atoms with Gasteiger partial charge in [0.2, 0.25) is 0 Å². The van der Waals surface area contributed by atoms with E-state index in [9.17, 15) is 0 Å². The minimum atomic E-state index is 0.582. The number of rotatable bonds is 6. The van der Waals surface area contributed by atoms with Crippen molar-refractivity contribution in [3.63, 3.8) is 0 Å². The van der Waals surface area contributed by atoms with Gasteiger partial charge in [-0.05, 0) is 25.1 Å². The van der Waals surface area contributed by atoms with Crippen molar-refractivity contribution in [2.75, 3.05) is 19.1 Å². The number of benzene rings is 1. The predicted molar refractivity (Wildman–Crippen MR) is 78.4 cm³/mol. The van der Waals surface area contributed by atoms with Crippen LogP contribution in [0.15, 0.2) is 22.7 Å². The second kappa shape index (κ2) is 6.55. The van der Waals surface area contributed by atoms with E-state index in [2.05, 4.69) is 31.5 Å². The second-order valence-electron chi connectivity index (χ2n) is 3.95. The van der Waals surface area contributed by atoms with Gasteiger partial charge in [0.15, 0.2) is 0 Å². The molecule has 0 aliphatic carbocycles. The maximum absolute atomic E-state index is 5.83. The number of ether oxygens (including phenoxy) is 1. The summed E-state index contributed by atoms with van der Waals surface area (Å²) in [7, 11) is 0. The van der Waals surface area contributed by atoms with Gasteiger partial charge in [-0.25, -0.2) is 4.98 Å². The lowest BCUT2D eigenvalue weighted by molar-refractivity contribution is 0.139. The van der Waals surface area contributed by atoms with Crippen LogP contribution in [0.4, 0.5) is 0 Å². The average molecular weight is 332 g/mol. The summed E-state index contributed by atoms with van der Waals surface area (Å²) in [5.41, 5.74) is 2.14. The number of fused-ring (bicyclic) bond motifs is 1. The Morgan fingerprint density at radius 2 is 2.28 bits per heavy atom. The van der Waals surface area contributed by atoms with Gasteiger partial charge < -0.3 is 9.30 Å².